The second-order valence-corrected chi connectivity index (χ2v) is 8.66. The van der Waals surface area contributed by atoms with Gasteiger partial charge in [0.05, 0.1) is 26.4 Å². The standard InChI is InChI=1S/C27H29BrO6/c28-23-13-11-22(12-14-23)16-32-19-25(31)27(34-18-21-9-5-2-6-10-21)26(24(30)15-29)33-17-20-7-3-1-4-8-20/h1-15,25-27,29-31H,16-19H2/b24-15-/t25-,26-,27-/m1/s1. The molecule has 0 bridgehead atoms. The third-order valence-electron chi connectivity index (χ3n) is 5.13. The largest absolute Gasteiger partial charge is 0.512 e. The fourth-order valence-electron chi connectivity index (χ4n) is 3.32. The summed E-state index contributed by atoms with van der Waals surface area (Å²) >= 11 is 3.40. The van der Waals surface area contributed by atoms with Crippen LogP contribution < -0.4 is 0 Å². The van der Waals surface area contributed by atoms with E-state index in [2.05, 4.69) is 15.9 Å². The number of ether oxygens (including phenoxy) is 3. The molecule has 0 aliphatic heterocycles. The van der Waals surface area contributed by atoms with Crippen LogP contribution in [0.2, 0.25) is 0 Å². The number of hydrogen-bond acceptors (Lipinski definition) is 6. The summed E-state index contributed by atoms with van der Waals surface area (Å²) in [5.74, 6) is -0.444. The zero-order valence-corrected chi connectivity index (χ0v) is 20.3. The topological polar surface area (TPSA) is 88.4 Å². The predicted octanol–water partition coefficient (Wildman–Crippen LogP) is 5.45. The number of benzene rings is 3. The quantitative estimate of drug-likeness (QED) is 0.255. The van der Waals surface area contributed by atoms with Gasteiger partial charge in [0.2, 0.25) is 0 Å². The average Bonchev–Trinajstić information content (AvgIpc) is 2.88. The number of aliphatic hydroxyl groups is 3. The van der Waals surface area contributed by atoms with Crippen molar-refractivity contribution in [2.45, 2.75) is 38.1 Å². The van der Waals surface area contributed by atoms with Gasteiger partial charge in [-0.15, -0.1) is 0 Å². The third kappa shape index (κ3) is 8.27. The van der Waals surface area contributed by atoms with Gasteiger partial charge in [-0.25, -0.2) is 0 Å². The Balaban J connectivity index is 1.70. The molecule has 0 aliphatic rings. The summed E-state index contributed by atoms with van der Waals surface area (Å²) in [6.45, 7) is 0.576. The minimum Gasteiger partial charge on any atom is -0.512 e. The summed E-state index contributed by atoms with van der Waals surface area (Å²) < 4.78 is 18.6. The molecule has 0 radical (unpaired) electrons. The highest BCUT2D eigenvalue weighted by molar-refractivity contribution is 9.10. The zero-order valence-electron chi connectivity index (χ0n) is 18.7. The Bertz CT molecular complexity index is 995. The van der Waals surface area contributed by atoms with Crippen LogP contribution >= 0.6 is 15.9 Å². The van der Waals surface area contributed by atoms with E-state index in [0.29, 0.717) is 12.9 Å². The maximum absolute atomic E-state index is 11.0. The van der Waals surface area contributed by atoms with Gasteiger partial charge in [-0.1, -0.05) is 88.7 Å². The van der Waals surface area contributed by atoms with Crippen molar-refractivity contribution >= 4 is 15.9 Å². The summed E-state index contributed by atoms with van der Waals surface area (Å²) in [6.07, 6.45) is -2.69. The highest BCUT2D eigenvalue weighted by Crippen LogP contribution is 2.20. The van der Waals surface area contributed by atoms with Crippen molar-refractivity contribution in [1.82, 2.24) is 0 Å². The number of hydrogen-bond donors (Lipinski definition) is 3. The Morgan fingerprint density at radius 2 is 1.29 bits per heavy atom. The molecule has 0 amide bonds. The van der Waals surface area contributed by atoms with Crippen molar-refractivity contribution in [1.29, 1.82) is 0 Å². The second-order valence-electron chi connectivity index (χ2n) is 7.74. The van der Waals surface area contributed by atoms with Crippen molar-refractivity contribution in [2.75, 3.05) is 6.61 Å². The molecular formula is C27H29BrO6. The molecule has 0 unspecified atom stereocenters. The molecule has 3 rings (SSSR count). The summed E-state index contributed by atoms with van der Waals surface area (Å²) in [7, 11) is 0. The molecule has 6 nitrogen and oxygen atoms in total. The van der Waals surface area contributed by atoms with Gasteiger partial charge in [0.25, 0.3) is 0 Å². The monoisotopic (exact) mass is 528 g/mol. The summed E-state index contributed by atoms with van der Waals surface area (Å²) in [5.41, 5.74) is 2.72. The normalized spacial score (nSPS) is 14.5. The molecule has 0 fully saturated rings. The lowest BCUT2D eigenvalue weighted by atomic mass is 10.1. The van der Waals surface area contributed by atoms with E-state index in [1.165, 1.54) is 0 Å². The van der Waals surface area contributed by atoms with E-state index >= 15 is 0 Å². The van der Waals surface area contributed by atoms with Gasteiger partial charge in [-0.2, -0.15) is 0 Å². The summed E-state index contributed by atoms with van der Waals surface area (Å²) in [6, 6.07) is 26.6. The Morgan fingerprint density at radius 3 is 1.85 bits per heavy atom. The second kappa shape index (κ2) is 13.9. The van der Waals surface area contributed by atoms with Crippen LogP contribution in [0.4, 0.5) is 0 Å². The zero-order chi connectivity index (χ0) is 24.2. The lowest BCUT2D eigenvalue weighted by molar-refractivity contribution is -0.145. The van der Waals surface area contributed by atoms with E-state index in [1.54, 1.807) is 0 Å². The van der Waals surface area contributed by atoms with Crippen LogP contribution in [0, 0.1) is 0 Å². The van der Waals surface area contributed by atoms with Crippen LogP contribution in [0.3, 0.4) is 0 Å². The van der Waals surface area contributed by atoms with E-state index in [9.17, 15) is 15.3 Å². The van der Waals surface area contributed by atoms with Crippen LogP contribution in [-0.2, 0) is 34.0 Å². The lowest BCUT2D eigenvalue weighted by Gasteiger charge is -2.30. The van der Waals surface area contributed by atoms with Crippen molar-refractivity contribution < 1.29 is 29.5 Å². The molecule has 0 saturated carbocycles. The fourth-order valence-corrected chi connectivity index (χ4v) is 3.59. The first-order valence-electron chi connectivity index (χ1n) is 10.9. The molecule has 3 aromatic rings. The molecule has 0 heterocycles. The highest BCUT2D eigenvalue weighted by Gasteiger charge is 2.34. The molecule has 3 aromatic carbocycles. The predicted molar refractivity (Wildman–Crippen MR) is 133 cm³/mol. The van der Waals surface area contributed by atoms with E-state index in [4.69, 9.17) is 14.2 Å². The van der Waals surface area contributed by atoms with Gasteiger partial charge in [0, 0.05) is 4.47 Å². The van der Waals surface area contributed by atoms with Crippen molar-refractivity contribution in [3.05, 3.63) is 118 Å². The molecule has 0 spiro atoms. The SMILES string of the molecule is O/C=C(\O)[C@@H](OCc1ccccc1)[C@H](OCc1ccccc1)[C@H](O)COCc1ccc(Br)cc1. The maximum Gasteiger partial charge on any atom is 0.158 e. The highest BCUT2D eigenvalue weighted by atomic mass is 79.9. The van der Waals surface area contributed by atoms with Gasteiger partial charge < -0.3 is 29.5 Å². The molecule has 3 N–H and O–H groups in total. The first-order valence-corrected chi connectivity index (χ1v) is 11.7. The number of aliphatic hydroxyl groups excluding tert-OH is 3. The summed E-state index contributed by atoms with van der Waals surface area (Å²) in [4.78, 5) is 0. The van der Waals surface area contributed by atoms with Crippen LogP contribution in [0.1, 0.15) is 16.7 Å². The molecular weight excluding hydrogens is 500 g/mol. The molecule has 34 heavy (non-hydrogen) atoms. The molecule has 7 heteroatoms. The first kappa shape index (κ1) is 25.9. The maximum atomic E-state index is 11.0. The van der Waals surface area contributed by atoms with Crippen LogP contribution in [0.5, 0.6) is 0 Å². The minimum atomic E-state index is -1.14. The van der Waals surface area contributed by atoms with Gasteiger partial charge >= 0.3 is 0 Å². The van der Waals surface area contributed by atoms with E-state index < -0.39 is 24.1 Å². The van der Waals surface area contributed by atoms with Crippen LogP contribution in [0.25, 0.3) is 0 Å². The van der Waals surface area contributed by atoms with Gasteiger partial charge in [0.15, 0.2) is 5.76 Å². The Labute approximate surface area is 208 Å². The first-order chi connectivity index (χ1) is 16.6. The average molecular weight is 529 g/mol. The third-order valence-corrected chi connectivity index (χ3v) is 5.66. The van der Waals surface area contributed by atoms with Crippen LogP contribution in [-0.4, -0.2) is 40.2 Å². The molecule has 180 valence electrons. The van der Waals surface area contributed by atoms with E-state index in [1.807, 2.05) is 84.9 Å². The van der Waals surface area contributed by atoms with Gasteiger partial charge in [0.1, 0.15) is 24.6 Å². The molecule has 0 aromatic heterocycles. The molecule has 3 atom stereocenters. The summed E-state index contributed by atoms with van der Waals surface area (Å²) in [5, 5.41) is 30.9. The van der Waals surface area contributed by atoms with E-state index in [-0.39, 0.29) is 19.8 Å². The molecule has 0 aliphatic carbocycles. The smallest absolute Gasteiger partial charge is 0.158 e. The fraction of sp³-hybridized carbons (Fsp3) is 0.259. The van der Waals surface area contributed by atoms with Crippen molar-refractivity contribution in [2.24, 2.45) is 0 Å². The van der Waals surface area contributed by atoms with Crippen LogP contribution in [0.15, 0.2) is 101 Å². The lowest BCUT2D eigenvalue weighted by Crippen LogP contribution is -2.44. The molecule has 0 saturated heterocycles. The minimum absolute atomic E-state index is 0.0561. The Morgan fingerprint density at radius 1 is 0.765 bits per heavy atom. The van der Waals surface area contributed by atoms with E-state index in [0.717, 1.165) is 21.2 Å². The number of rotatable bonds is 13. The van der Waals surface area contributed by atoms with Gasteiger partial charge in [-0.3, -0.25) is 0 Å². The Kier molecular flexibility index (Phi) is 10.6. The Hall–Kier alpha value is -2.68. The van der Waals surface area contributed by atoms with Crippen molar-refractivity contribution in [3.63, 3.8) is 0 Å². The van der Waals surface area contributed by atoms with Crippen molar-refractivity contribution in [3.8, 4) is 0 Å². The number of halogens is 1. The van der Waals surface area contributed by atoms with Gasteiger partial charge in [-0.05, 0) is 28.8 Å².